The fourth-order valence-electron chi connectivity index (χ4n) is 2.87. The lowest BCUT2D eigenvalue weighted by Crippen LogP contribution is -2.50. The van der Waals surface area contributed by atoms with Crippen molar-refractivity contribution >= 4 is 53.0 Å². The van der Waals surface area contributed by atoms with Gasteiger partial charge >= 0.3 is 11.9 Å². The third kappa shape index (κ3) is 12.7. The Labute approximate surface area is 216 Å². The van der Waals surface area contributed by atoms with Crippen LogP contribution in [0.2, 0.25) is 0 Å². The molecule has 1 aromatic carbocycles. The number of nitrogens with two attached hydrogens (primary N) is 1. The third-order valence-corrected chi connectivity index (χ3v) is 5.95. The third-order valence-electron chi connectivity index (χ3n) is 4.91. The van der Waals surface area contributed by atoms with Crippen LogP contribution in [0.15, 0.2) is 30.3 Å². The number of nitrogens with one attached hydrogen (secondary N) is 3. The second-order valence-corrected chi connectivity index (χ2v) is 9.01. The van der Waals surface area contributed by atoms with Gasteiger partial charge in [0.05, 0.1) is 11.8 Å². The van der Waals surface area contributed by atoms with Crippen LogP contribution >= 0.6 is 11.8 Å². The summed E-state index contributed by atoms with van der Waals surface area (Å²) in [5.41, 5.74) is 6.14. The quantitative estimate of drug-likeness (QED) is 0.125. The first-order valence-corrected chi connectivity index (χ1v) is 12.3. The van der Waals surface area contributed by atoms with E-state index in [4.69, 9.17) is 15.9 Å². The van der Waals surface area contributed by atoms with E-state index < -0.39 is 60.1 Å². The minimum absolute atomic E-state index is 0.193. The van der Waals surface area contributed by atoms with E-state index in [1.807, 2.05) is 0 Å². The number of carboxylic acid groups (broad SMARTS) is 2. The van der Waals surface area contributed by atoms with E-state index in [0.717, 1.165) is 17.3 Å². The Balaban J connectivity index is 2.67. The van der Waals surface area contributed by atoms with Gasteiger partial charge in [-0.1, -0.05) is 30.3 Å². The molecular formula is C23H30N4O9S. The van der Waals surface area contributed by atoms with Gasteiger partial charge in [0.25, 0.3) is 5.91 Å². The molecule has 0 fully saturated rings. The highest BCUT2D eigenvalue weighted by Crippen LogP contribution is 2.07. The van der Waals surface area contributed by atoms with Crippen LogP contribution in [0.1, 0.15) is 25.3 Å². The molecule has 0 aliphatic rings. The number of carbonyl (C=O) groups is 7. The van der Waals surface area contributed by atoms with Gasteiger partial charge in [-0.3, -0.25) is 33.6 Å². The summed E-state index contributed by atoms with van der Waals surface area (Å²) in [6, 6.07) is 5.45. The van der Waals surface area contributed by atoms with Crippen molar-refractivity contribution in [3.05, 3.63) is 35.9 Å². The highest BCUT2D eigenvalue weighted by atomic mass is 32.2. The van der Waals surface area contributed by atoms with Gasteiger partial charge in [0.15, 0.2) is 5.78 Å². The van der Waals surface area contributed by atoms with Gasteiger partial charge in [0, 0.05) is 12.2 Å². The second kappa shape index (κ2) is 16.1. The SMILES string of the molecule is CC(=O)C(Cc1ccccc1)NC(=O)C(=O)CSCC(NC(=O)CCC(N)C(=O)O)C(=O)NCC(=O)O. The maximum Gasteiger partial charge on any atom is 0.322 e. The molecular weight excluding hydrogens is 508 g/mol. The number of carboxylic acids is 2. The van der Waals surface area contributed by atoms with Crippen LogP contribution in [0, 0.1) is 0 Å². The predicted molar refractivity (Wildman–Crippen MR) is 133 cm³/mol. The van der Waals surface area contributed by atoms with Crippen molar-refractivity contribution in [3.63, 3.8) is 0 Å². The van der Waals surface area contributed by atoms with Gasteiger partial charge in [-0.15, -0.1) is 0 Å². The number of hydrogen-bond acceptors (Lipinski definition) is 9. The minimum atomic E-state index is -1.32. The zero-order valence-electron chi connectivity index (χ0n) is 20.1. The van der Waals surface area contributed by atoms with Crippen molar-refractivity contribution in [2.75, 3.05) is 18.1 Å². The summed E-state index contributed by atoms with van der Waals surface area (Å²) in [7, 11) is 0. The molecule has 0 saturated heterocycles. The van der Waals surface area contributed by atoms with E-state index in [0.29, 0.717) is 0 Å². The van der Waals surface area contributed by atoms with Crippen LogP contribution in [0.4, 0.5) is 0 Å². The molecule has 3 unspecified atom stereocenters. The van der Waals surface area contributed by atoms with Gasteiger partial charge in [-0.25, -0.2) is 0 Å². The first kappa shape index (κ1) is 31.3. The normalized spacial score (nSPS) is 12.9. The number of Topliss-reactive ketones (excluding diaryl/α,β-unsaturated/α-hetero) is 2. The van der Waals surface area contributed by atoms with E-state index in [9.17, 15) is 33.6 Å². The average molecular weight is 539 g/mol. The van der Waals surface area contributed by atoms with Crippen LogP contribution in [-0.4, -0.2) is 87.6 Å². The van der Waals surface area contributed by atoms with Crippen molar-refractivity contribution in [2.24, 2.45) is 5.73 Å². The van der Waals surface area contributed by atoms with Crippen LogP contribution in [0.3, 0.4) is 0 Å². The van der Waals surface area contributed by atoms with E-state index in [1.54, 1.807) is 30.3 Å². The molecule has 0 spiro atoms. The number of rotatable bonds is 17. The first-order chi connectivity index (χ1) is 17.4. The molecule has 3 amide bonds. The minimum Gasteiger partial charge on any atom is -0.480 e. The highest BCUT2D eigenvalue weighted by Gasteiger charge is 2.25. The molecule has 14 heteroatoms. The Morgan fingerprint density at radius 2 is 1.62 bits per heavy atom. The average Bonchev–Trinajstić information content (AvgIpc) is 2.84. The summed E-state index contributed by atoms with van der Waals surface area (Å²) in [5.74, 6) is -6.93. The molecule has 1 aromatic rings. The zero-order chi connectivity index (χ0) is 28.0. The number of aliphatic carboxylic acids is 2. The topological polar surface area (TPSA) is 222 Å². The summed E-state index contributed by atoms with van der Waals surface area (Å²) >= 11 is 0.834. The monoisotopic (exact) mass is 538 g/mol. The Kier molecular flexibility index (Phi) is 13.6. The Morgan fingerprint density at radius 1 is 0.973 bits per heavy atom. The van der Waals surface area contributed by atoms with Crippen molar-refractivity contribution in [3.8, 4) is 0 Å². The van der Waals surface area contributed by atoms with Gasteiger partial charge in [-0.05, 0) is 25.3 Å². The maximum absolute atomic E-state index is 12.3. The largest absolute Gasteiger partial charge is 0.480 e. The van der Waals surface area contributed by atoms with E-state index in [-0.39, 0.29) is 36.6 Å². The fraction of sp³-hybridized carbons (Fsp3) is 0.435. The van der Waals surface area contributed by atoms with Crippen molar-refractivity contribution in [1.29, 1.82) is 0 Å². The van der Waals surface area contributed by atoms with Crippen molar-refractivity contribution < 1.29 is 43.8 Å². The van der Waals surface area contributed by atoms with Crippen molar-refractivity contribution in [2.45, 2.75) is 44.3 Å². The lowest BCUT2D eigenvalue weighted by molar-refractivity contribution is -0.139. The van der Waals surface area contributed by atoms with Gasteiger partial charge in [0.1, 0.15) is 18.6 Å². The zero-order valence-corrected chi connectivity index (χ0v) is 20.9. The first-order valence-electron chi connectivity index (χ1n) is 11.1. The van der Waals surface area contributed by atoms with Crippen LogP contribution in [0.25, 0.3) is 0 Å². The molecule has 0 aromatic heterocycles. The number of thioether (sulfide) groups is 1. The summed E-state index contributed by atoms with van der Waals surface area (Å²) in [6.45, 7) is 0.578. The Hall–Kier alpha value is -3.78. The number of ketones is 2. The van der Waals surface area contributed by atoms with Crippen molar-refractivity contribution in [1.82, 2.24) is 16.0 Å². The lowest BCUT2D eigenvalue weighted by Gasteiger charge is -2.18. The molecule has 0 radical (unpaired) electrons. The number of carbonyl (C=O) groups excluding carboxylic acids is 5. The summed E-state index contributed by atoms with van der Waals surface area (Å²) in [5, 5.41) is 24.4. The van der Waals surface area contributed by atoms with E-state index in [1.165, 1.54) is 6.92 Å². The molecule has 37 heavy (non-hydrogen) atoms. The smallest absolute Gasteiger partial charge is 0.322 e. The molecule has 0 aliphatic heterocycles. The molecule has 7 N–H and O–H groups in total. The maximum atomic E-state index is 12.3. The van der Waals surface area contributed by atoms with Crippen LogP contribution in [0.5, 0.6) is 0 Å². The molecule has 0 bridgehead atoms. The van der Waals surface area contributed by atoms with E-state index in [2.05, 4.69) is 16.0 Å². The van der Waals surface area contributed by atoms with Gasteiger partial charge in [-0.2, -0.15) is 11.8 Å². The summed E-state index contributed by atoms with van der Waals surface area (Å²) in [6.07, 6.45) is -0.307. The highest BCUT2D eigenvalue weighted by molar-refractivity contribution is 8.00. The molecule has 3 atom stereocenters. The fourth-order valence-corrected chi connectivity index (χ4v) is 3.77. The van der Waals surface area contributed by atoms with Gasteiger partial charge in [0.2, 0.25) is 17.6 Å². The van der Waals surface area contributed by atoms with Crippen LogP contribution < -0.4 is 21.7 Å². The molecule has 0 heterocycles. The lowest BCUT2D eigenvalue weighted by atomic mass is 10.0. The Bertz CT molecular complexity index is 1000. The molecule has 0 aliphatic carbocycles. The predicted octanol–water partition coefficient (Wildman–Crippen LogP) is -1.52. The number of hydrogen-bond donors (Lipinski definition) is 6. The number of amides is 3. The summed E-state index contributed by atoms with van der Waals surface area (Å²) in [4.78, 5) is 82.5. The molecule has 202 valence electrons. The molecule has 1 rings (SSSR count). The van der Waals surface area contributed by atoms with Gasteiger partial charge < -0.3 is 31.9 Å². The van der Waals surface area contributed by atoms with E-state index >= 15 is 0 Å². The summed E-state index contributed by atoms with van der Waals surface area (Å²) < 4.78 is 0. The number of benzene rings is 1. The molecule has 13 nitrogen and oxygen atoms in total. The Morgan fingerprint density at radius 3 is 2.19 bits per heavy atom. The second-order valence-electron chi connectivity index (χ2n) is 7.98. The molecule has 0 saturated carbocycles. The standard InChI is InChI=1S/C23H30N4O9S/c1-13(28)16(9-14-5-3-2-4-6-14)27-22(34)18(29)12-37-11-17(21(33)25-10-20(31)32)26-19(30)8-7-15(24)23(35)36/h2-6,15-17H,7-12,24H2,1H3,(H,25,33)(H,26,30)(H,27,34)(H,31,32)(H,35,36). The van der Waals surface area contributed by atoms with Crippen LogP contribution in [-0.2, 0) is 40.0 Å².